The van der Waals surface area contributed by atoms with Gasteiger partial charge in [0.25, 0.3) is 0 Å². The van der Waals surface area contributed by atoms with Gasteiger partial charge in [-0.05, 0) is 20.3 Å². The molecule has 1 rings (SSSR count). The summed E-state index contributed by atoms with van der Waals surface area (Å²) in [5.74, 6) is 0.277. The molecule has 2 unspecified atom stereocenters. The van der Waals surface area contributed by atoms with Gasteiger partial charge in [-0.3, -0.25) is 0 Å². The first-order valence-corrected chi connectivity index (χ1v) is 7.29. The lowest BCUT2D eigenvalue weighted by atomic mass is 10.3. The third kappa shape index (κ3) is 3.78. The van der Waals surface area contributed by atoms with Crippen LogP contribution in [0, 0.1) is 0 Å². The van der Waals surface area contributed by atoms with Crippen LogP contribution in [0.25, 0.3) is 0 Å². The molecular weight excluding hydrogens is 244 g/mol. The molecule has 0 aliphatic rings. The number of nitrogens with zero attached hydrogens (tertiary/aromatic N) is 2. The van der Waals surface area contributed by atoms with Gasteiger partial charge < -0.3 is 9.63 Å². The Bertz CT molecular complexity index is 453. The van der Waals surface area contributed by atoms with E-state index < -0.39 is 21.2 Å². The van der Waals surface area contributed by atoms with Crippen molar-refractivity contribution in [2.24, 2.45) is 0 Å². The quantitative estimate of drug-likeness (QED) is 0.811. The van der Waals surface area contributed by atoms with E-state index in [4.69, 9.17) is 4.52 Å². The zero-order valence-electron chi connectivity index (χ0n) is 10.3. The van der Waals surface area contributed by atoms with Gasteiger partial charge in [-0.2, -0.15) is 4.98 Å². The van der Waals surface area contributed by atoms with E-state index >= 15 is 0 Å². The summed E-state index contributed by atoms with van der Waals surface area (Å²) in [7, 11) is -3.46. The van der Waals surface area contributed by atoms with Gasteiger partial charge in [-0.15, -0.1) is 0 Å². The zero-order chi connectivity index (χ0) is 13.1. The molecule has 7 heteroatoms. The van der Waals surface area contributed by atoms with Gasteiger partial charge in [0, 0.05) is 6.42 Å². The minimum atomic E-state index is -3.46. The Morgan fingerprint density at radius 2 is 2.06 bits per heavy atom. The number of hydrogen-bond donors (Lipinski definition) is 1. The van der Waals surface area contributed by atoms with Crippen LogP contribution in [0.2, 0.25) is 0 Å². The molecule has 0 aromatic carbocycles. The highest BCUT2D eigenvalue weighted by molar-refractivity contribution is 7.91. The molecular formula is C10H18N2O4S. The number of aliphatic hydroxyl groups excluding tert-OH is 1. The van der Waals surface area contributed by atoms with Gasteiger partial charge >= 0.3 is 0 Å². The van der Waals surface area contributed by atoms with Crippen LogP contribution in [-0.2, 0) is 22.0 Å². The van der Waals surface area contributed by atoms with E-state index in [1.807, 2.05) is 6.92 Å². The lowest BCUT2D eigenvalue weighted by Crippen LogP contribution is -2.30. The summed E-state index contributed by atoms with van der Waals surface area (Å²) in [6, 6.07) is 0. The topological polar surface area (TPSA) is 93.3 Å². The number of rotatable bonds is 6. The summed E-state index contributed by atoms with van der Waals surface area (Å²) in [5, 5.41) is 12.1. The van der Waals surface area contributed by atoms with E-state index in [9.17, 15) is 13.5 Å². The van der Waals surface area contributed by atoms with Gasteiger partial charge in [0.2, 0.25) is 5.89 Å². The number of hydrogen-bond acceptors (Lipinski definition) is 6. The summed E-state index contributed by atoms with van der Waals surface area (Å²) >= 11 is 0. The Balaban J connectivity index is 2.76. The van der Waals surface area contributed by atoms with Crippen LogP contribution in [-0.4, -0.2) is 35.0 Å². The van der Waals surface area contributed by atoms with Crippen LogP contribution in [0.5, 0.6) is 0 Å². The summed E-state index contributed by atoms with van der Waals surface area (Å²) in [5.41, 5.74) is 0. The second kappa shape index (κ2) is 5.59. The molecule has 1 N–H and O–H groups in total. The summed E-state index contributed by atoms with van der Waals surface area (Å²) < 4.78 is 28.5. The highest BCUT2D eigenvalue weighted by Crippen LogP contribution is 2.13. The molecule has 0 radical (unpaired) electrons. The van der Waals surface area contributed by atoms with E-state index in [0.29, 0.717) is 12.2 Å². The van der Waals surface area contributed by atoms with Crippen molar-refractivity contribution in [3.63, 3.8) is 0 Å². The first-order valence-electron chi connectivity index (χ1n) is 5.58. The van der Waals surface area contributed by atoms with Gasteiger partial charge in [0.1, 0.15) is 5.75 Å². The molecule has 1 aromatic heterocycles. The van der Waals surface area contributed by atoms with E-state index in [-0.39, 0.29) is 11.6 Å². The molecule has 98 valence electrons. The SMILES string of the molecule is CCCc1noc(CS(=O)(=O)C(C)C(C)O)n1. The Hall–Kier alpha value is -0.950. The van der Waals surface area contributed by atoms with Gasteiger partial charge in [-0.25, -0.2) is 8.42 Å². The Kier molecular flexibility index (Phi) is 4.64. The first kappa shape index (κ1) is 14.1. The Morgan fingerprint density at radius 1 is 1.41 bits per heavy atom. The molecule has 1 aromatic rings. The smallest absolute Gasteiger partial charge is 0.241 e. The van der Waals surface area contributed by atoms with E-state index in [2.05, 4.69) is 10.1 Å². The minimum absolute atomic E-state index is 0.0842. The van der Waals surface area contributed by atoms with Crippen LogP contribution in [0.15, 0.2) is 4.52 Å². The first-order chi connectivity index (χ1) is 7.86. The predicted molar refractivity (Wildman–Crippen MR) is 62.1 cm³/mol. The second-order valence-corrected chi connectivity index (χ2v) is 6.47. The molecule has 0 aliphatic carbocycles. The van der Waals surface area contributed by atoms with E-state index in [1.54, 1.807) is 0 Å². The lowest BCUT2D eigenvalue weighted by Gasteiger charge is -2.13. The lowest BCUT2D eigenvalue weighted by molar-refractivity contribution is 0.192. The summed E-state index contributed by atoms with van der Waals surface area (Å²) in [4.78, 5) is 3.99. The van der Waals surface area contributed by atoms with Crippen molar-refractivity contribution in [3.05, 3.63) is 11.7 Å². The van der Waals surface area contributed by atoms with E-state index in [1.165, 1.54) is 13.8 Å². The fourth-order valence-corrected chi connectivity index (χ4v) is 2.60. The number of aliphatic hydroxyl groups is 1. The Morgan fingerprint density at radius 3 is 2.59 bits per heavy atom. The fraction of sp³-hybridized carbons (Fsp3) is 0.800. The molecule has 0 fully saturated rings. The normalized spacial score (nSPS) is 15.8. The zero-order valence-corrected chi connectivity index (χ0v) is 11.1. The highest BCUT2D eigenvalue weighted by Gasteiger charge is 2.27. The van der Waals surface area contributed by atoms with Crippen LogP contribution in [0.3, 0.4) is 0 Å². The van der Waals surface area contributed by atoms with Crippen LogP contribution in [0.4, 0.5) is 0 Å². The molecule has 0 amide bonds. The summed E-state index contributed by atoms with van der Waals surface area (Å²) in [6.45, 7) is 4.88. The molecule has 0 saturated heterocycles. The van der Waals surface area contributed by atoms with Crippen LogP contribution in [0.1, 0.15) is 38.9 Å². The van der Waals surface area contributed by atoms with Crippen LogP contribution < -0.4 is 0 Å². The fourth-order valence-electron chi connectivity index (χ4n) is 1.28. The molecule has 0 bridgehead atoms. The number of sulfone groups is 1. The standard InChI is InChI=1S/C10H18N2O4S/c1-4-5-9-11-10(16-12-9)6-17(14,15)8(3)7(2)13/h7-8,13H,4-6H2,1-3H3. The Labute approximate surface area is 101 Å². The molecule has 0 spiro atoms. The van der Waals surface area contributed by atoms with Gasteiger partial charge in [-0.1, -0.05) is 12.1 Å². The second-order valence-electron chi connectivity index (χ2n) is 4.11. The maximum Gasteiger partial charge on any atom is 0.241 e. The predicted octanol–water partition coefficient (Wildman–Crippen LogP) is 0.706. The maximum atomic E-state index is 11.8. The molecule has 17 heavy (non-hydrogen) atoms. The maximum absolute atomic E-state index is 11.8. The molecule has 0 saturated carbocycles. The van der Waals surface area contributed by atoms with Crippen LogP contribution >= 0.6 is 0 Å². The van der Waals surface area contributed by atoms with Crippen molar-refractivity contribution in [2.45, 2.75) is 50.7 Å². The molecule has 0 aliphatic heterocycles. The van der Waals surface area contributed by atoms with E-state index in [0.717, 1.165) is 6.42 Å². The van der Waals surface area contributed by atoms with Gasteiger partial charge in [0.15, 0.2) is 15.7 Å². The third-order valence-corrected chi connectivity index (χ3v) is 4.73. The molecule has 1 heterocycles. The van der Waals surface area contributed by atoms with Crippen molar-refractivity contribution in [1.82, 2.24) is 10.1 Å². The minimum Gasteiger partial charge on any atom is -0.392 e. The van der Waals surface area contributed by atoms with Crippen molar-refractivity contribution in [3.8, 4) is 0 Å². The number of aromatic nitrogens is 2. The molecule has 2 atom stereocenters. The van der Waals surface area contributed by atoms with Crippen molar-refractivity contribution in [1.29, 1.82) is 0 Å². The largest absolute Gasteiger partial charge is 0.392 e. The van der Waals surface area contributed by atoms with Gasteiger partial charge in [0.05, 0.1) is 11.4 Å². The molecule has 6 nitrogen and oxygen atoms in total. The van der Waals surface area contributed by atoms with Crippen molar-refractivity contribution >= 4 is 9.84 Å². The number of aryl methyl sites for hydroxylation is 1. The highest BCUT2D eigenvalue weighted by atomic mass is 32.2. The van der Waals surface area contributed by atoms with Crippen molar-refractivity contribution in [2.75, 3.05) is 0 Å². The third-order valence-electron chi connectivity index (χ3n) is 2.55. The monoisotopic (exact) mass is 262 g/mol. The average Bonchev–Trinajstić information content (AvgIpc) is 2.64. The average molecular weight is 262 g/mol. The summed E-state index contributed by atoms with van der Waals surface area (Å²) in [6.07, 6.45) is 0.615. The van der Waals surface area contributed by atoms with Crippen molar-refractivity contribution < 1.29 is 18.0 Å².